The van der Waals surface area contributed by atoms with E-state index in [2.05, 4.69) is 4.74 Å². The molecule has 0 saturated heterocycles. The molecule has 0 heterocycles. The summed E-state index contributed by atoms with van der Waals surface area (Å²) in [5, 5.41) is 0. The van der Waals surface area contributed by atoms with E-state index in [-0.39, 0.29) is 5.56 Å². The molecule has 4 heteroatoms. The summed E-state index contributed by atoms with van der Waals surface area (Å²) < 4.78 is 17.9. The second-order valence-corrected chi connectivity index (χ2v) is 3.49. The molecule has 1 rings (SSSR count). The molecule has 0 atom stereocenters. The van der Waals surface area contributed by atoms with Crippen molar-refractivity contribution in [3.8, 4) is 0 Å². The number of methoxy groups -OCH3 is 1. The molecule has 1 aromatic rings. The fraction of sp³-hybridized carbons (Fsp3) is 0.250. The number of halogens is 2. The molecule has 86 valence electrons. The molecule has 0 spiro atoms. The Hall–Kier alpha value is -1.35. The van der Waals surface area contributed by atoms with Gasteiger partial charge in [0, 0.05) is 5.88 Å². The van der Waals surface area contributed by atoms with E-state index in [4.69, 9.17) is 11.6 Å². The lowest BCUT2D eigenvalue weighted by molar-refractivity contribution is 0.0595. The summed E-state index contributed by atoms with van der Waals surface area (Å²) in [6.45, 7) is 0. The molecule has 0 aliphatic carbocycles. The first-order valence-electron chi connectivity index (χ1n) is 4.79. The molecule has 16 heavy (non-hydrogen) atoms. The van der Waals surface area contributed by atoms with Crippen molar-refractivity contribution in [3.63, 3.8) is 0 Å². The van der Waals surface area contributed by atoms with E-state index in [1.165, 1.54) is 19.2 Å². The van der Waals surface area contributed by atoms with Gasteiger partial charge in [-0.3, -0.25) is 0 Å². The smallest absolute Gasteiger partial charge is 0.340 e. The lowest BCUT2D eigenvalue weighted by Gasteiger charge is -2.01. The van der Waals surface area contributed by atoms with Crippen molar-refractivity contribution in [1.82, 2.24) is 0 Å². The first-order valence-corrected chi connectivity index (χ1v) is 5.33. The number of hydrogen-bond donors (Lipinski definition) is 0. The normalized spacial score (nSPS) is 10.7. The van der Waals surface area contributed by atoms with Gasteiger partial charge in [-0.05, 0) is 24.1 Å². The van der Waals surface area contributed by atoms with Crippen molar-refractivity contribution < 1.29 is 13.9 Å². The van der Waals surface area contributed by atoms with Crippen LogP contribution in [0.2, 0.25) is 0 Å². The van der Waals surface area contributed by atoms with Crippen molar-refractivity contribution in [2.24, 2.45) is 0 Å². The van der Waals surface area contributed by atoms with Gasteiger partial charge in [-0.15, -0.1) is 11.6 Å². The predicted octanol–water partition coefficient (Wildman–Crippen LogP) is 3.25. The van der Waals surface area contributed by atoms with Crippen LogP contribution < -0.4 is 0 Å². The Kier molecular flexibility index (Phi) is 4.99. The number of carbonyl (C=O) groups is 1. The number of esters is 1. The molecule has 0 aliphatic rings. The van der Waals surface area contributed by atoms with E-state index in [1.54, 1.807) is 12.1 Å². The summed E-state index contributed by atoms with van der Waals surface area (Å²) in [5.74, 6) is -0.729. The topological polar surface area (TPSA) is 26.3 Å². The number of hydrogen-bond acceptors (Lipinski definition) is 2. The molecule has 2 nitrogen and oxygen atoms in total. The van der Waals surface area contributed by atoms with Crippen molar-refractivity contribution in [2.45, 2.75) is 6.42 Å². The van der Waals surface area contributed by atoms with Gasteiger partial charge in [0.1, 0.15) is 5.82 Å². The van der Waals surface area contributed by atoms with Gasteiger partial charge in [0.2, 0.25) is 0 Å². The number of rotatable bonds is 4. The Bertz CT molecular complexity index is 402. The van der Waals surface area contributed by atoms with Crippen LogP contribution in [-0.2, 0) is 4.74 Å². The minimum absolute atomic E-state index is 0.0583. The van der Waals surface area contributed by atoms with Gasteiger partial charge in [-0.2, -0.15) is 0 Å². The molecule has 1 aromatic carbocycles. The molecule has 0 aromatic heterocycles. The third-order valence-electron chi connectivity index (χ3n) is 1.98. The molecule has 0 fully saturated rings. The second kappa shape index (κ2) is 6.28. The van der Waals surface area contributed by atoms with E-state index < -0.39 is 11.8 Å². The molecule has 0 saturated carbocycles. The van der Waals surface area contributed by atoms with E-state index >= 15 is 0 Å². The zero-order valence-electron chi connectivity index (χ0n) is 8.87. The molecule has 0 bridgehead atoms. The number of carbonyl (C=O) groups excluding carboxylic acids is 1. The van der Waals surface area contributed by atoms with Crippen LogP contribution in [0.4, 0.5) is 4.39 Å². The fourth-order valence-electron chi connectivity index (χ4n) is 1.19. The quantitative estimate of drug-likeness (QED) is 0.598. The van der Waals surface area contributed by atoms with Gasteiger partial charge >= 0.3 is 5.97 Å². The third kappa shape index (κ3) is 3.35. The lowest BCUT2D eigenvalue weighted by atomic mass is 10.1. The Morgan fingerprint density at radius 3 is 2.88 bits per heavy atom. The van der Waals surface area contributed by atoms with Crippen molar-refractivity contribution in [2.75, 3.05) is 13.0 Å². The number of alkyl halides is 1. The zero-order valence-corrected chi connectivity index (χ0v) is 9.63. The molecule has 0 unspecified atom stereocenters. The molecular weight excluding hydrogens is 231 g/mol. The van der Waals surface area contributed by atoms with Gasteiger partial charge in [-0.1, -0.05) is 18.2 Å². The van der Waals surface area contributed by atoms with Crippen LogP contribution in [0, 0.1) is 5.82 Å². The van der Waals surface area contributed by atoms with E-state index in [9.17, 15) is 9.18 Å². The van der Waals surface area contributed by atoms with E-state index in [0.717, 1.165) is 6.42 Å². The van der Waals surface area contributed by atoms with Crippen LogP contribution in [0.1, 0.15) is 22.3 Å². The van der Waals surface area contributed by atoms with E-state index in [0.29, 0.717) is 11.4 Å². The number of allylic oxidation sites excluding steroid dienone is 1. The van der Waals surface area contributed by atoms with Gasteiger partial charge in [0.05, 0.1) is 12.7 Å². The Morgan fingerprint density at radius 2 is 2.31 bits per heavy atom. The Balaban J connectivity index is 2.86. The highest BCUT2D eigenvalue weighted by atomic mass is 35.5. The summed E-state index contributed by atoms with van der Waals surface area (Å²) in [5.41, 5.74) is 0.632. The van der Waals surface area contributed by atoms with Crippen molar-refractivity contribution >= 4 is 23.6 Å². The summed E-state index contributed by atoms with van der Waals surface area (Å²) in [7, 11) is 1.22. The maximum atomic E-state index is 13.4. The minimum Gasteiger partial charge on any atom is -0.465 e. The van der Waals surface area contributed by atoms with Gasteiger partial charge < -0.3 is 4.74 Å². The van der Waals surface area contributed by atoms with Crippen molar-refractivity contribution in [1.29, 1.82) is 0 Å². The van der Waals surface area contributed by atoms with Crippen LogP contribution in [-0.4, -0.2) is 19.0 Å². The third-order valence-corrected chi connectivity index (χ3v) is 2.20. The highest BCUT2D eigenvalue weighted by Crippen LogP contribution is 2.13. The van der Waals surface area contributed by atoms with Crippen LogP contribution in [0.3, 0.4) is 0 Å². The average molecular weight is 243 g/mol. The highest BCUT2D eigenvalue weighted by Gasteiger charge is 2.11. The predicted molar refractivity (Wildman–Crippen MR) is 62.1 cm³/mol. The van der Waals surface area contributed by atoms with Crippen LogP contribution in [0.25, 0.3) is 6.08 Å². The van der Waals surface area contributed by atoms with E-state index in [1.807, 2.05) is 6.08 Å². The summed E-state index contributed by atoms with van der Waals surface area (Å²) in [6.07, 6.45) is 4.33. The summed E-state index contributed by atoms with van der Waals surface area (Å²) >= 11 is 5.50. The standard InChI is InChI=1S/C12H12ClFO2/c1-16-12(15)10-6-5-9(8-11(10)14)4-2-3-7-13/h2,4-6,8H,3,7H2,1H3. The summed E-state index contributed by atoms with van der Waals surface area (Å²) in [4.78, 5) is 11.1. The van der Waals surface area contributed by atoms with Gasteiger partial charge in [0.25, 0.3) is 0 Å². The Labute approximate surface area is 98.7 Å². The number of benzene rings is 1. The molecule has 0 radical (unpaired) electrons. The number of ether oxygens (including phenoxy) is 1. The monoisotopic (exact) mass is 242 g/mol. The van der Waals surface area contributed by atoms with Gasteiger partial charge in [0.15, 0.2) is 0 Å². The zero-order chi connectivity index (χ0) is 12.0. The van der Waals surface area contributed by atoms with Crippen LogP contribution in [0.5, 0.6) is 0 Å². The van der Waals surface area contributed by atoms with Crippen LogP contribution in [0.15, 0.2) is 24.3 Å². The first-order chi connectivity index (χ1) is 7.69. The molecular formula is C12H12ClFO2. The van der Waals surface area contributed by atoms with Gasteiger partial charge in [-0.25, -0.2) is 9.18 Å². The first kappa shape index (κ1) is 12.7. The van der Waals surface area contributed by atoms with Crippen LogP contribution >= 0.6 is 11.6 Å². The molecule has 0 amide bonds. The fourth-order valence-corrected chi connectivity index (χ4v) is 1.32. The maximum absolute atomic E-state index is 13.4. The molecule has 0 N–H and O–H groups in total. The second-order valence-electron chi connectivity index (χ2n) is 3.11. The average Bonchev–Trinajstić information content (AvgIpc) is 2.29. The minimum atomic E-state index is -0.672. The lowest BCUT2D eigenvalue weighted by Crippen LogP contribution is -2.04. The molecule has 0 aliphatic heterocycles. The van der Waals surface area contributed by atoms with Crippen molar-refractivity contribution in [3.05, 3.63) is 41.2 Å². The SMILES string of the molecule is COC(=O)c1ccc(C=CCCCl)cc1F. The summed E-state index contributed by atoms with van der Waals surface area (Å²) in [6, 6.07) is 4.35. The largest absolute Gasteiger partial charge is 0.465 e. The Morgan fingerprint density at radius 1 is 1.56 bits per heavy atom. The highest BCUT2D eigenvalue weighted by molar-refractivity contribution is 6.17. The maximum Gasteiger partial charge on any atom is 0.340 e.